The Hall–Kier alpha value is -6.62. The Labute approximate surface area is 376 Å². The van der Waals surface area contributed by atoms with Crippen LogP contribution in [0.5, 0.6) is 0 Å². The normalized spacial score (nSPS) is 17.3. The number of rotatable bonds is 11. The molecule has 3 aliphatic heterocycles. The zero-order valence-corrected chi connectivity index (χ0v) is 37.7. The molecule has 2 N–H and O–H groups in total. The summed E-state index contributed by atoms with van der Waals surface area (Å²) in [5.41, 5.74) is 13.4. The molecule has 17 nitrogen and oxygen atoms in total. The number of carbonyl (C=O) groups is 3. The number of hydrogen-bond acceptors (Lipinski definition) is 14. The van der Waals surface area contributed by atoms with E-state index in [0.29, 0.717) is 42.2 Å². The number of nitrogens with one attached hydrogen (secondary N) is 2. The molecule has 4 amide bonds. The molecule has 5 aromatic rings. The van der Waals surface area contributed by atoms with Crippen LogP contribution < -0.4 is 25.3 Å². The fourth-order valence-electron chi connectivity index (χ4n) is 8.39. The average molecular weight is 885 g/mol. The van der Waals surface area contributed by atoms with Gasteiger partial charge in [0, 0.05) is 99.7 Å². The molecule has 8 rings (SSSR count). The molecule has 0 aliphatic carbocycles. The van der Waals surface area contributed by atoms with E-state index in [1.807, 2.05) is 83.4 Å². The molecule has 2 aromatic carbocycles. The number of nitrogens with zero attached hydrogens (tertiary/aromatic N) is 11. The van der Waals surface area contributed by atoms with Crippen molar-refractivity contribution in [2.45, 2.75) is 65.3 Å². The van der Waals surface area contributed by atoms with Crippen molar-refractivity contribution in [3.05, 3.63) is 90.1 Å². The van der Waals surface area contributed by atoms with Crippen LogP contribution in [-0.2, 0) is 10.2 Å². The summed E-state index contributed by atoms with van der Waals surface area (Å²) in [6.45, 7) is 17.1. The lowest BCUT2D eigenvalue weighted by Crippen LogP contribution is -2.49. The SMILES string of the molecule is C#S/C=[N+](\C(=O)c1nc(C(C)(C)C)no1)[C@H](C)c1ccc(-c2cc(Nc3ncc(N4CCN(CC5CCN(c6ccc(N7CCC(=O)NC7=O)cc6)CC5)CC4)cn3)ncn2)cc1C. The number of benzene rings is 2. The van der Waals surface area contributed by atoms with Crippen LogP contribution in [0.2, 0.25) is 0 Å². The molecule has 6 heterocycles. The molecule has 0 spiro atoms. The summed E-state index contributed by atoms with van der Waals surface area (Å²) in [4.78, 5) is 68.8. The molecule has 3 aromatic heterocycles. The van der Waals surface area contributed by atoms with E-state index in [4.69, 9.17) is 10.2 Å². The predicted octanol–water partition coefficient (Wildman–Crippen LogP) is 6.42. The Morgan fingerprint density at radius 3 is 2.30 bits per heavy atom. The molecule has 18 heteroatoms. The number of aryl methyl sites for hydroxylation is 1. The minimum Gasteiger partial charge on any atom is -0.372 e. The smallest absolute Gasteiger partial charge is 0.372 e. The third-order valence-electron chi connectivity index (χ3n) is 12.1. The van der Waals surface area contributed by atoms with Crippen molar-refractivity contribution in [1.29, 1.82) is 0 Å². The molecule has 3 saturated heterocycles. The van der Waals surface area contributed by atoms with Crippen molar-refractivity contribution in [3.8, 4) is 16.9 Å². The van der Waals surface area contributed by atoms with E-state index < -0.39 is 5.91 Å². The van der Waals surface area contributed by atoms with Gasteiger partial charge in [0.25, 0.3) is 0 Å². The van der Waals surface area contributed by atoms with Gasteiger partial charge < -0.3 is 19.6 Å². The standard InChI is InChI=1S/C46H53N13O4S/c1-30-23-33(7-12-37(30)31(2)59(29-64-6)42(61)41-53-43(54-63-41)46(3,4)5)38-24-39(50-28-49-38)51-44-47-25-36(26-48-44)57-21-19-55(20-22-57)27-32-13-16-56(17-14-32)34-8-10-35(11-9-34)58-18-15-40(60)52-45(58)62/h6-12,23-26,28-29,31-32H,13-22,27H2,1-5H3,(H-,47,48,49,50,51,52,60,62)/p+1/b59-29-/t31-/m1/s1. The van der Waals surface area contributed by atoms with Crippen molar-refractivity contribution in [2.75, 3.05) is 72.4 Å². The zero-order valence-electron chi connectivity index (χ0n) is 36.9. The molecule has 0 saturated carbocycles. The molecular formula is C46H54N13O4S+. The highest BCUT2D eigenvalue weighted by molar-refractivity contribution is 8.01. The third-order valence-corrected chi connectivity index (χ3v) is 12.5. The molecule has 0 bridgehead atoms. The van der Waals surface area contributed by atoms with Crippen molar-refractivity contribution < 1.29 is 23.5 Å². The number of carbonyl (C=O) groups excluding carboxylic acids is 3. The maximum atomic E-state index is 13.5. The van der Waals surface area contributed by atoms with Gasteiger partial charge in [-0.15, -0.1) is 4.58 Å². The Kier molecular flexibility index (Phi) is 13.1. The van der Waals surface area contributed by atoms with E-state index in [1.54, 1.807) is 10.4 Å². The second-order valence-corrected chi connectivity index (χ2v) is 18.0. The van der Waals surface area contributed by atoms with Crippen LogP contribution >= 0.6 is 11.2 Å². The van der Waals surface area contributed by atoms with Crippen LogP contribution in [0.15, 0.2) is 71.8 Å². The molecule has 1 atom stereocenters. The summed E-state index contributed by atoms with van der Waals surface area (Å²) >= 11 is 0.931. The number of urea groups is 1. The summed E-state index contributed by atoms with van der Waals surface area (Å²) in [5, 5.41) is 9.63. The lowest BCUT2D eigenvalue weighted by atomic mass is 9.95. The van der Waals surface area contributed by atoms with Gasteiger partial charge in [-0.25, -0.2) is 29.5 Å². The molecular weight excluding hydrogens is 831 g/mol. The van der Waals surface area contributed by atoms with Gasteiger partial charge in [0.15, 0.2) is 11.9 Å². The average Bonchev–Trinajstić information content (AvgIpc) is 3.81. The van der Waals surface area contributed by atoms with E-state index in [9.17, 15) is 14.4 Å². The fourth-order valence-corrected chi connectivity index (χ4v) is 8.80. The number of piperazine rings is 1. The van der Waals surface area contributed by atoms with Crippen molar-refractivity contribution in [1.82, 2.24) is 40.3 Å². The van der Waals surface area contributed by atoms with Gasteiger partial charge in [-0.05, 0) is 72.7 Å². The van der Waals surface area contributed by atoms with Crippen molar-refractivity contribution >= 4 is 63.4 Å². The first-order valence-corrected chi connectivity index (χ1v) is 22.6. The molecule has 0 unspecified atom stereocenters. The summed E-state index contributed by atoms with van der Waals surface area (Å²) in [6, 6.07) is 15.2. The largest absolute Gasteiger partial charge is 0.478 e. The lowest BCUT2D eigenvalue weighted by molar-refractivity contribution is -0.468. The molecule has 3 aliphatic rings. The summed E-state index contributed by atoms with van der Waals surface area (Å²) in [6.07, 6.45) is 7.82. The number of hydrogen-bond donors (Lipinski definition) is 2. The number of piperidine rings is 1. The van der Waals surface area contributed by atoms with Crippen LogP contribution in [0, 0.1) is 18.5 Å². The van der Waals surface area contributed by atoms with Crippen LogP contribution in [-0.4, -0.2) is 115 Å². The minimum absolute atomic E-state index is 0.0930. The number of aromatic nitrogens is 6. The fraction of sp³-hybridized carbons (Fsp3) is 0.413. The third kappa shape index (κ3) is 10.1. The molecule has 332 valence electrons. The molecule has 0 radical (unpaired) electrons. The van der Waals surface area contributed by atoms with E-state index >= 15 is 0 Å². The number of amides is 4. The summed E-state index contributed by atoms with van der Waals surface area (Å²) in [7, 11) is 0. The van der Waals surface area contributed by atoms with E-state index in [-0.39, 0.29) is 29.3 Å². The van der Waals surface area contributed by atoms with Crippen LogP contribution in [0.4, 0.5) is 33.6 Å². The summed E-state index contributed by atoms with van der Waals surface area (Å²) in [5.74, 6) is 1.36. The van der Waals surface area contributed by atoms with Crippen molar-refractivity contribution in [3.63, 3.8) is 0 Å². The Balaban J connectivity index is 0.807. The number of imide groups is 1. The highest BCUT2D eigenvalue weighted by atomic mass is 32.1. The number of anilines is 5. The predicted molar refractivity (Wildman–Crippen MR) is 248 cm³/mol. The first kappa shape index (κ1) is 44.0. The van der Waals surface area contributed by atoms with Gasteiger partial charge in [0.2, 0.25) is 17.4 Å². The lowest BCUT2D eigenvalue weighted by Gasteiger charge is -2.40. The Bertz CT molecular complexity index is 2570. The maximum absolute atomic E-state index is 13.5. The van der Waals surface area contributed by atoms with E-state index in [0.717, 1.165) is 104 Å². The topological polar surface area (TPSA) is 182 Å². The first-order chi connectivity index (χ1) is 30.8. The maximum Gasteiger partial charge on any atom is 0.478 e. The van der Waals surface area contributed by atoms with Crippen LogP contribution in [0.3, 0.4) is 0 Å². The van der Waals surface area contributed by atoms with Gasteiger partial charge in [-0.3, -0.25) is 19.9 Å². The highest BCUT2D eigenvalue weighted by Crippen LogP contribution is 2.30. The van der Waals surface area contributed by atoms with E-state index in [1.165, 1.54) is 10.9 Å². The van der Waals surface area contributed by atoms with Gasteiger partial charge in [0.1, 0.15) is 12.1 Å². The summed E-state index contributed by atoms with van der Waals surface area (Å²) < 4.78 is 6.85. The second-order valence-electron chi connectivity index (χ2n) is 17.5. The van der Waals surface area contributed by atoms with Crippen LogP contribution in [0.25, 0.3) is 11.3 Å². The quantitative estimate of drug-likeness (QED) is 0.0843. The van der Waals surface area contributed by atoms with Gasteiger partial charge in [-0.1, -0.05) is 43.7 Å². The molecule has 64 heavy (non-hydrogen) atoms. The molecule has 3 fully saturated rings. The van der Waals surface area contributed by atoms with Gasteiger partial charge >= 0.3 is 17.8 Å². The monoisotopic (exact) mass is 884 g/mol. The Morgan fingerprint density at radius 2 is 1.64 bits per heavy atom. The van der Waals surface area contributed by atoms with Gasteiger partial charge in [-0.2, -0.15) is 4.98 Å². The first-order valence-electron chi connectivity index (χ1n) is 21.6. The zero-order chi connectivity index (χ0) is 45.0. The van der Waals surface area contributed by atoms with Crippen molar-refractivity contribution in [2.24, 2.45) is 5.92 Å². The van der Waals surface area contributed by atoms with Gasteiger partial charge in [0.05, 0.1) is 23.8 Å². The van der Waals surface area contributed by atoms with Crippen LogP contribution in [0.1, 0.15) is 80.6 Å². The minimum atomic E-state index is -0.434. The van der Waals surface area contributed by atoms with E-state index in [2.05, 4.69) is 67.5 Å². The Morgan fingerprint density at radius 1 is 0.938 bits per heavy atom. The second kappa shape index (κ2) is 19.0. The highest BCUT2D eigenvalue weighted by Gasteiger charge is 2.35.